The predicted octanol–water partition coefficient (Wildman–Crippen LogP) is -0.176. The van der Waals surface area contributed by atoms with E-state index in [4.69, 9.17) is 16.6 Å². The van der Waals surface area contributed by atoms with Crippen molar-refractivity contribution in [2.75, 3.05) is 6.54 Å². The fourth-order valence-electron chi connectivity index (χ4n) is 0.766. The Labute approximate surface area is 62.4 Å². The molecule has 0 rings (SSSR count). The molecule has 5 N–H and O–H groups in total. The maximum atomic E-state index is 8.96. The van der Waals surface area contributed by atoms with Gasteiger partial charge in [-0.15, -0.1) is 0 Å². The van der Waals surface area contributed by atoms with Gasteiger partial charge in [-0.2, -0.15) is 0 Å². The minimum absolute atomic E-state index is 0.0773. The van der Waals surface area contributed by atoms with E-state index in [0.717, 1.165) is 19.3 Å². The smallest absolute Gasteiger partial charge is 0.0662 e. The van der Waals surface area contributed by atoms with E-state index in [9.17, 15) is 0 Å². The van der Waals surface area contributed by atoms with Gasteiger partial charge in [-0.3, -0.25) is 0 Å². The van der Waals surface area contributed by atoms with Crippen LogP contribution in [-0.4, -0.2) is 23.8 Å². The third-order valence-corrected chi connectivity index (χ3v) is 1.61. The van der Waals surface area contributed by atoms with E-state index in [1.54, 1.807) is 6.92 Å². The summed E-state index contributed by atoms with van der Waals surface area (Å²) in [6.07, 6.45) is 2.50. The number of rotatable bonds is 5. The molecule has 0 aromatic rings. The summed E-state index contributed by atoms with van der Waals surface area (Å²) in [5.41, 5.74) is 10.9. The molecular formula is C7H18N2O. The lowest BCUT2D eigenvalue weighted by Gasteiger charge is -2.13. The second-order valence-electron chi connectivity index (χ2n) is 2.69. The first kappa shape index (κ1) is 9.88. The molecular weight excluding hydrogens is 128 g/mol. The summed E-state index contributed by atoms with van der Waals surface area (Å²) in [6.45, 7) is 2.43. The van der Waals surface area contributed by atoms with Crippen molar-refractivity contribution in [2.24, 2.45) is 11.5 Å². The van der Waals surface area contributed by atoms with Crippen molar-refractivity contribution in [1.82, 2.24) is 0 Å². The number of hydrogen-bond acceptors (Lipinski definition) is 3. The van der Waals surface area contributed by atoms with Gasteiger partial charge in [-0.05, 0) is 26.3 Å². The molecule has 0 amide bonds. The van der Waals surface area contributed by atoms with E-state index >= 15 is 0 Å². The normalized spacial score (nSPS) is 16.8. The first-order valence-corrected chi connectivity index (χ1v) is 3.82. The Morgan fingerprint density at radius 1 is 1.40 bits per heavy atom. The van der Waals surface area contributed by atoms with Crippen LogP contribution in [0.15, 0.2) is 0 Å². The van der Waals surface area contributed by atoms with Gasteiger partial charge in [0.15, 0.2) is 0 Å². The highest BCUT2D eigenvalue weighted by molar-refractivity contribution is 4.66. The summed E-state index contributed by atoms with van der Waals surface area (Å²) >= 11 is 0. The van der Waals surface area contributed by atoms with E-state index in [0.29, 0.717) is 6.54 Å². The third-order valence-electron chi connectivity index (χ3n) is 1.61. The zero-order valence-electron chi connectivity index (χ0n) is 6.59. The molecule has 3 nitrogen and oxygen atoms in total. The van der Waals surface area contributed by atoms with Gasteiger partial charge in [0.05, 0.1) is 6.10 Å². The second-order valence-corrected chi connectivity index (χ2v) is 2.69. The number of aliphatic hydroxyl groups excluding tert-OH is 1. The highest BCUT2D eigenvalue weighted by Gasteiger charge is 2.07. The lowest BCUT2D eigenvalue weighted by molar-refractivity contribution is 0.158. The van der Waals surface area contributed by atoms with Gasteiger partial charge in [0, 0.05) is 6.04 Å². The van der Waals surface area contributed by atoms with Crippen molar-refractivity contribution in [2.45, 2.75) is 38.3 Å². The zero-order valence-corrected chi connectivity index (χ0v) is 6.59. The van der Waals surface area contributed by atoms with Gasteiger partial charge in [-0.25, -0.2) is 0 Å². The molecule has 62 valence electrons. The van der Waals surface area contributed by atoms with Gasteiger partial charge in [0.1, 0.15) is 0 Å². The lowest BCUT2D eigenvalue weighted by atomic mass is 10.1. The SMILES string of the molecule is CC(O)[C@@H](N)CCCCN. The molecule has 2 atom stereocenters. The number of aliphatic hydroxyl groups is 1. The molecule has 0 aliphatic carbocycles. The topological polar surface area (TPSA) is 72.3 Å². The van der Waals surface area contributed by atoms with Crippen molar-refractivity contribution in [3.05, 3.63) is 0 Å². The molecule has 0 aliphatic rings. The molecule has 0 spiro atoms. The Hall–Kier alpha value is -0.120. The largest absolute Gasteiger partial charge is 0.392 e. The van der Waals surface area contributed by atoms with Crippen LogP contribution in [0.3, 0.4) is 0 Å². The Balaban J connectivity index is 3.13. The van der Waals surface area contributed by atoms with Crippen LogP contribution in [0.5, 0.6) is 0 Å². The molecule has 0 saturated heterocycles. The maximum absolute atomic E-state index is 8.96. The first-order chi connectivity index (χ1) is 4.68. The molecule has 0 aliphatic heterocycles. The van der Waals surface area contributed by atoms with Crippen molar-refractivity contribution in [3.63, 3.8) is 0 Å². The third kappa shape index (κ3) is 4.73. The maximum Gasteiger partial charge on any atom is 0.0662 e. The average molecular weight is 146 g/mol. The Bertz CT molecular complexity index is 76.0. The van der Waals surface area contributed by atoms with E-state index in [-0.39, 0.29) is 6.04 Å². The van der Waals surface area contributed by atoms with E-state index in [1.165, 1.54) is 0 Å². The molecule has 1 unspecified atom stereocenters. The standard InChI is InChI=1S/C7H18N2O/c1-6(10)7(9)4-2-3-5-8/h6-7,10H,2-5,8-9H2,1H3/t6?,7-/m0/s1. The van der Waals surface area contributed by atoms with Crippen LogP contribution in [0.2, 0.25) is 0 Å². The van der Waals surface area contributed by atoms with Gasteiger partial charge in [0.25, 0.3) is 0 Å². The molecule has 0 saturated carbocycles. The van der Waals surface area contributed by atoms with Gasteiger partial charge < -0.3 is 16.6 Å². The Kier molecular flexibility index (Phi) is 5.58. The van der Waals surface area contributed by atoms with Crippen LogP contribution >= 0.6 is 0 Å². The van der Waals surface area contributed by atoms with Crippen LogP contribution in [0.25, 0.3) is 0 Å². The Morgan fingerprint density at radius 2 is 2.00 bits per heavy atom. The minimum atomic E-state index is -0.391. The molecule has 3 heteroatoms. The molecule has 0 heterocycles. The quantitative estimate of drug-likeness (QED) is 0.471. The molecule has 10 heavy (non-hydrogen) atoms. The minimum Gasteiger partial charge on any atom is -0.392 e. The Morgan fingerprint density at radius 3 is 2.40 bits per heavy atom. The number of hydrogen-bond donors (Lipinski definition) is 3. The first-order valence-electron chi connectivity index (χ1n) is 3.82. The molecule has 0 aromatic heterocycles. The summed E-state index contributed by atoms with van der Waals surface area (Å²) in [5, 5.41) is 8.96. The fourth-order valence-corrected chi connectivity index (χ4v) is 0.766. The van der Waals surface area contributed by atoms with Crippen LogP contribution in [0, 0.1) is 0 Å². The molecule has 0 fully saturated rings. The summed E-state index contributed by atoms with van der Waals surface area (Å²) in [7, 11) is 0. The molecule has 0 radical (unpaired) electrons. The predicted molar refractivity (Wildman–Crippen MR) is 42.6 cm³/mol. The van der Waals surface area contributed by atoms with Crippen molar-refractivity contribution in [1.29, 1.82) is 0 Å². The number of unbranched alkanes of at least 4 members (excludes halogenated alkanes) is 1. The fraction of sp³-hybridized carbons (Fsp3) is 1.00. The van der Waals surface area contributed by atoms with Crippen LogP contribution < -0.4 is 11.5 Å². The van der Waals surface area contributed by atoms with Gasteiger partial charge in [0.2, 0.25) is 0 Å². The lowest BCUT2D eigenvalue weighted by Crippen LogP contribution is -2.32. The van der Waals surface area contributed by atoms with Crippen molar-refractivity contribution >= 4 is 0 Å². The van der Waals surface area contributed by atoms with Crippen LogP contribution in [0.4, 0.5) is 0 Å². The van der Waals surface area contributed by atoms with Crippen molar-refractivity contribution in [3.8, 4) is 0 Å². The van der Waals surface area contributed by atoms with Crippen LogP contribution in [-0.2, 0) is 0 Å². The number of nitrogens with two attached hydrogens (primary N) is 2. The summed E-state index contributed by atoms with van der Waals surface area (Å²) in [4.78, 5) is 0. The van der Waals surface area contributed by atoms with E-state index in [1.807, 2.05) is 0 Å². The molecule has 0 aromatic carbocycles. The average Bonchev–Trinajstić information content (AvgIpc) is 1.88. The van der Waals surface area contributed by atoms with Gasteiger partial charge >= 0.3 is 0 Å². The van der Waals surface area contributed by atoms with Crippen molar-refractivity contribution < 1.29 is 5.11 Å². The highest BCUT2D eigenvalue weighted by atomic mass is 16.3. The second kappa shape index (κ2) is 5.65. The zero-order chi connectivity index (χ0) is 7.98. The molecule has 0 bridgehead atoms. The van der Waals surface area contributed by atoms with E-state index in [2.05, 4.69) is 0 Å². The highest BCUT2D eigenvalue weighted by Crippen LogP contribution is 2.00. The van der Waals surface area contributed by atoms with Crippen LogP contribution in [0.1, 0.15) is 26.2 Å². The summed E-state index contributed by atoms with van der Waals surface area (Å²) in [5.74, 6) is 0. The van der Waals surface area contributed by atoms with E-state index < -0.39 is 6.10 Å². The summed E-state index contributed by atoms with van der Waals surface area (Å²) in [6, 6.07) is -0.0773. The van der Waals surface area contributed by atoms with Gasteiger partial charge in [-0.1, -0.05) is 6.42 Å². The monoisotopic (exact) mass is 146 g/mol. The summed E-state index contributed by atoms with van der Waals surface area (Å²) < 4.78 is 0.